The maximum Gasteiger partial charge on any atom is 0.240 e. The number of nitrogens with one attached hydrogen (secondary N) is 1. The van der Waals surface area contributed by atoms with Gasteiger partial charge in [0.25, 0.3) is 0 Å². The Morgan fingerprint density at radius 1 is 1.29 bits per heavy atom. The van der Waals surface area contributed by atoms with Crippen molar-refractivity contribution in [3.05, 3.63) is 40.6 Å². The third-order valence-electron chi connectivity index (χ3n) is 3.24. The standard InChI is InChI=1S/C14H19N3O2S2/c1-14(2,13-4-3-7-20-13)9-17-10-5-6-12(11(15)8-10)21(16,18)19/h3-8,17H,9,15H2,1-2H3,(H2,16,18,19). The van der Waals surface area contributed by atoms with E-state index < -0.39 is 10.0 Å². The van der Waals surface area contributed by atoms with Crippen molar-refractivity contribution >= 4 is 32.7 Å². The summed E-state index contributed by atoms with van der Waals surface area (Å²) in [7, 11) is -3.78. The Morgan fingerprint density at radius 3 is 2.52 bits per heavy atom. The highest BCUT2D eigenvalue weighted by Gasteiger charge is 2.21. The van der Waals surface area contributed by atoms with E-state index in [0.717, 1.165) is 5.69 Å². The molecule has 0 aliphatic rings. The first kappa shape index (κ1) is 15.8. The second-order valence-corrected chi connectivity index (χ2v) is 7.99. The summed E-state index contributed by atoms with van der Waals surface area (Å²) in [4.78, 5) is 1.23. The third kappa shape index (κ3) is 3.75. The molecule has 0 saturated heterocycles. The van der Waals surface area contributed by atoms with Crippen molar-refractivity contribution in [1.82, 2.24) is 0 Å². The van der Waals surface area contributed by atoms with Crippen LogP contribution in [0.25, 0.3) is 0 Å². The fourth-order valence-electron chi connectivity index (χ4n) is 1.99. The number of sulfonamides is 1. The largest absolute Gasteiger partial charge is 0.398 e. The van der Waals surface area contributed by atoms with Crippen LogP contribution in [0.1, 0.15) is 18.7 Å². The van der Waals surface area contributed by atoms with Crippen LogP contribution in [0.4, 0.5) is 11.4 Å². The van der Waals surface area contributed by atoms with E-state index >= 15 is 0 Å². The van der Waals surface area contributed by atoms with Crippen molar-refractivity contribution in [3.8, 4) is 0 Å². The van der Waals surface area contributed by atoms with Gasteiger partial charge in [0, 0.05) is 22.5 Å². The normalized spacial score (nSPS) is 12.3. The molecule has 1 heterocycles. The smallest absolute Gasteiger partial charge is 0.240 e. The molecule has 2 aromatic rings. The van der Waals surface area contributed by atoms with Crippen molar-refractivity contribution in [2.45, 2.75) is 24.2 Å². The molecule has 21 heavy (non-hydrogen) atoms. The number of primary sulfonamides is 1. The highest BCUT2D eigenvalue weighted by Crippen LogP contribution is 2.28. The molecule has 5 N–H and O–H groups in total. The zero-order valence-corrected chi connectivity index (χ0v) is 13.6. The second-order valence-electron chi connectivity index (χ2n) is 5.51. The van der Waals surface area contributed by atoms with Gasteiger partial charge in [0.2, 0.25) is 10.0 Å². The lowest BCUT2D eigenvalue weighted by atomic mass is 9.91. The summed E-state index contributed by atoms with van der Waals surface area (Å²) in [6.45, 7) is 5.00. The van der Waals surface area contributed by atoms with Gasteiger partial charge in [-0.1, -0.05) is 19.9 Å². The Hall–Kier alpha value is -1.57. The van der Waals surface area contributed by atoms with Crippen LogP contribution in [0.2, 0.25) is 0 Å². The lowest BCUT2D eigenvalue weighted by Crippen LogP contribution is -2.26. The summed E-state index contributed by atoms with van der Waals surface area (Å²) in [6.07, 6.45) is 0. The molecular weight excluding hydrogens is 306 g/mol. The predicted octanol–water partition coefficient (Wildman–Crippen LogP) is 2.37. The number of rotatable bonds is 5. The predicted molar refractivity (Wildman–Crippen MR) is 88.1 cm³/mol. The minimum Gasteiger partial charge on any atom is -0.398 e. The topological polar surface area (TPSA) is 98.2 Å². The maximum atomic E-state index is 11.3. The Bertz CT molecular complexity index is 723. The van der Waals surface area contributed by atoms with Crippen LogP contribution in [0.15, 0.2) is 40.6 Å². The third-order valence-corrected chi connectivity index (χ3v) is 5.46. The molecule has 0 saturated carbocycles. The van der Waals surface area contributed by atoms with E-state index in [2.05, 4.69) is 30.6 Å². The fraction of sp³-hybridized carbons (Fsp3) is 0.286. The maximum absolute atomic E-state index is 11.3. The Morgan fingerprint density at radius 2 is 2.00 bits per heavy atom. The van der Waals surface area contributed by atoms with Crippen molar-refractivity contribution in [1.29, 1.82) is 0 Å². The van der Waals surface area contributed by atoms with Gasteiger partial charge in [-0.25, -0.2) is 13.6 Å². The van der Waals surface area contributed by atoms with Gasteiger partial charge in [0.1, 0.15) is 4.90 Å². The molecule has 1 aromatic carbocycles. The highest BCUT2D eigenvalue weighted by molar-refractivity contribution is 7.89. The van der Waals surface area contributed by atoms with Gasteiger partial charge in [-0.3, -0.25) is 0 Å². The lowest BCUT2D eigenvalue weighted by Gasteiger charge is -2.24. The van der Waals surface area contributed by atoms with Crippen molar-refractivity contribution in [3.63, 3.8) is 0 Å². The molecule has 0 bridgehead atoms. The first-order valence-corrected chi connectivity index (χ1v) is 8.83. The van der Waals surface area contributed by atoms with Crippen molar-refractivity contribution in [2.24, 2.45) is 5.14 Å². The average molecular weight is 325 g/mol. The van der Waals surface area contributed by atoms with Gasteiger partial charge in [-0.15, -0.1) is 11.3 Å². The molecule has 0 fully saturated rings. The molecule has 5 nitrogen and oxygen atoms in total. The first-order valence-electron chi connectivity index (χ1n) is 6.40. The fourth-order valence-corrected chi connectivity index (χ4v) is 3.49. The summed E-state index contributed by atoms with van der Waals surface area (Å²) >= 11 is 1.71. The zero-order chi connectivity index (χ0) is 15.7. The van der Waals surface area contributed by atoms with Gasteiger partial charge in [0.05, 0.1) is 5.69 Å². The molecule has 114 valence electrons. The molecule has 0 radical (unpaired) electrons. The highest BCUT2D eigenvalue weighted by atomic mass is 32.2. The van der Waals surface area contributed by atoms with Crippen LogP contribution in [0, 0.1) is 0 Å². The summed E-state index contributed by atoms with van der Waals surface area (Å²) < 4.78 is 22.6. The van der Waals surface area contributed by atoms with E-state index in [1.54, 1.807) is 23.5 Å². The second kappa shape index (κ2) is 5.67. The summed E-state index contributed by atoms with van der Waals surface area (Å²) in [5, 5.41) is 10.4. The minimum absolute atomic E-state index is 0.0262. The van der Waals surface area contributed by atoms with Crippen LogP contribution in [0.3, 0.4) is 0 Å². The van der Waals surface area contributed by atoms with Gasteiger partial charge < -0.3 is 11.1 Å². The molecule has 0 aliphatic carbocycles. The van der Waals surface area contributed by atoms with E-state index in [0.29, 0.717) is 6.54 Å². The van der Waals surface area contributed by atoms with Crippen LogP contribution >= 0.6 is 11.3 Å². The van der Waals surface area contributed by atoms with E-state index in [1.807, 2.05) is 6.07 Å². The summed E-state index contributed by atoms with van der Waals surface area (Å²) in [5.41, 5.74) is 6.64. The quantitative estimate of drug-likeness (QED) is 0.735. The average Bonchev–Trinajstić information content (AvgIpc) is 2.89. The minimum atomic E-state index is -3.78. The number of anilines is 2. The van der Waals surface area contributed by atoms with Crippen molar-refractivity contribution in [2.75, 3.05) is 17.6 Å². The van der Waals surface area contributed by atoms with E-state index in [1.165, 1.54) is 10.9 Å². The number of hydrogen-bond acceptors (Lipinski definition) is 5. The van der Waals surface area contributed by atoms with Gasteiger partial charge in [-0.05, 0) is 29.6 Å². The Labute approximate surface area is 129 Å². The number of benzene rings is 1. The van der Waals surface area contributed by atoms with E-state index in [4.69, 9.17) is 10.9 Å². The van der Waals surface area contributed by atoms with Crippen LogP contribution in [0.5, 0.6) is 0 Å². The molecule has 0 spiro atoms. The Kier molecular flexibility index (Phi) is 4.27. The molecule has 2 rings (SSSR count). The molecular formula is C14H19N3O2S2. The van der Waals surface area contributed by atoms with E-state index in [-0.39, 0.29) is 16.0 Å². The van der Waals surface area contributed by atoms with Crippen LogP contribution in [-0.2, 0) is 15.4 Å². The number of thiophene rings is 1. The monoisotopic (exact) mass is 325 g/mol. The van der Waals surface area contributed by atoms with Crippen LogP contribution in [-0.4, -0.2) is 15.0 Å². The molecule has 0 unspecified atom stereocenters. The SMILES string of the molecule is CC(C)(CNc1ccc(S(N)(=O)=O)c(N)c1)c1cccs1. The first-order chi connectivity index (χ1) is 9.70. The molecule has 0 aliphatic heterocycles. The van der Waals surface area contributed by atoms with Gasteiger partial charge >= 0.3 is 0 Å². The zero-order valence-electron chi connectivity index (χ0n) is 12.0. The van der Waals surface area contributed by atoms with Gasteiger partial charge in [0.15, 0.2) is 0 Å². The number of nitrogens with two attached hydrogens (primary N) is 2. The Balaban J connectivity index is 2.13. The van der Waals surface area contributed by atoms with Crippen LogP contribution < -0.4 is 16.2 Å². The molecule has 0 atom stereocenters. The molecule has 7 heteroatoms. The summed E-state index contributed by atoms with van der Waals surface area (Å²) in [6, 6.07) is 8.81. The van der Waals surface area contributed by atoms with E-state index in [9.17, 15) is 8.42 Å². The lowest BCUT2D eigenvalue weighted by molar-refractivity contribution is 0.569. The molecule has 1 aromatic heterocycles. The number of nitrogen functional groups attached to an aromatic ring is 1. The molecule has 0 amide bonds. The summed E-state index contributed by atoms with van der Waals surface area (Å²) in [5.74, 6) is 0. The van der Waals surface area contributed by atoms with Crippen molar-refractivity contribution < 1.29 is 8.42 Å². The van der Waals surface area contributed by atoms with Gasteiger partial charge in [-0.2, -0.15) is 0 Å². The number of hydrogen-bond donors (Lipinski definition) is 3.